The first-order chi connectivity index (χ1) is 15.6. The van der Waals surface area contributed by atoms with E-state index in [1.54, 1.807) is 43.3 Å². The van der Waals surface area contributed by atoms with Crippen molar-refractivity contribution in [1.82, 2.24) is 10.2 Å². The van der Waals surface area contributed by atoms with Crippen LogP contribution in [-0.4, -0.2) is 50.5 Å². The quantitative estimate of drug-likeness (QED) is 0.486. The van der Waals surface area contributed by atoms with E-state index in [0.29, 0.717) is 23.7 Å². The fourth-order valence-electron chi connectivity index (χ4n) is 3.39. The fourth-order valence-corrected chi connectivity index (χ4v) is 4.55. The third kappa shape index (κ3) is 8.05. The molecule has 0 bridgehead atoms. The van der Waals surface area contributed by atoms with Crippen LogP contribution in [0.15, 0.2) is 54.6 Å². The van der Waals surface area contributed by atoms with Gasteiger partial charge < -0.3 is 10.2 Å². The van der Waals surface area contributed by atoms with Gasteiger partial charge in [-0.1, -0.05) is 54.9 Å². The molecule has 0 spiro atoms. The van der Waals surface area contributed by atoms with E-state index in [0.717, 1.165) is 18.2 Å². The maximum Gasteiger partial charge on any atom is 0.242 e. The summed E-state index contributed by atoms with van der Waals surface area (Å²) in [6, 6.07) is 15.3. The summed E-state index contributed by atoms with van der Waals surface area (Å²) in [5.74, 6) is -0.477. The molecule has 0 saturated heterocycles. The van der Waals surface area contributed by atoms with Crippen molar-refractivity contribution in [2.75, 3.05) is 23.7 Å². The summed E-state index contributed by atoms with van der Waals surface area (Å²) < 4.78 is 25.8. The Labute approximate surface area is 201 Å². The number of carbonyl (C=O) groups is 2. The molecule has 0 radical (unpaired) electrons. The second-order valence-electron chi connectivity index (χ2n) is 7.85. The molecule has 0 aliphatic carbocycles. The Bertz CT molecular complexity index is 1030. The first-order valence-electron chi connectivity index (χ1n) is 11.0. The van der Waals surface area contributed by atoms with Gasteiger partial charge in [-0.2, -0.15) is 0 Å². The number of benzene rings is 2. The SMILES string of the molecule is CCCNC(=O)[C@@H](C)N(Cc1ccccc1Cl)C(=O)CCCN(c1ccccc1)S(C)(=O)=O. The fraction of sp³-hybridized carbons (Fsp3) is 0.417. The highest BCUT2D eigenvalue weighted by Gasteiger charge is 2.27. The molecule has 0 fully saturated rings. The van der Waals surface area contributed by atoms with Gasteiger partial charge in [0.1, 0.15) is 6.04 Å². The molecule has 2 aromatic rings. The molecule has 1 atom stereocenters. The van der Waals surface area contributed by atoms with Crippen molar-refractivity contribution in [1.29, 1.82) is 0 Å². The summed E-state index contributed by atoms with van der Waals surface area (Å²) in [5.41, 5.74) is 1.29. The highest BCUT2D eigenvalue weighted by atomic mass is 35.5. The minimum Gasteiger partial charge on any atom is -0.354 e. The van der Waals surface area contributed by atoms with Crippen LogP contribution in [0.25, 0.3) is 0 Å². The molecule has 33 heavy (non-hydrogen) atoms. The Balaban J connectivity index is 2.14. The van der Waals surface area contributed by atoms with E-state index in [9.17, 15) is 18.0 Å². The predicted octanol–water partition coefficient (Wildman–Crippen LogP) is 3.83. The van der Waals surface area contributed by atoms with Crippen LogP contribution in [0.2, 0.25) is 5.02 Å². The van der Waals surface area contributed by atoms with Crippen LogP contribution >= 0.6 is 11.6 Å². The smallest absolute Gasteiger partial charge is 0.242 e. The van der Waals surface area contributed by atoms with Crippen LogP contribution < -0.4 is 9.62 Å². The van der Waals surface area contributed by atoms with Crippen molar-refractivity contribution < 1.29 is 18.0 Å². The molecule has 0 aliphatic heterocycles. The van der Waals surface area contributed by atoms with Crippen molar-refractivity contribution in [3.63, 3.8) is 0 Å². The zero-order chi connectivity index (χ0) is 24.4. The number of sulfonamides is 1. The second kappa shape index (κ2) is 12.6. The van der Waals surface area contributed by atoms with Crippen molar-refractivity contribution in [2.24, 2.45) is 0 Å². The number of halogens is 1. The number of nitrogens with zero attached hydrogens (tertiary/aromatic N) is 2. The van der Waals surface area contributed by atoms with Crippen LogP contribution in [0.1, 0.15) is 38.7 Å². The zero-order valence-corrected chi connectivity index (χ0v) is 20.9. The molecule has 0 saturated carbocycles. The predicted molar refractivity (Wildman–Crippen MR) is 133 cm³/mol. The zero-order valence-electron chi connectivity index (χ0n) is 19.3. The molecule has 0 unspecified atom stereocenters. The first-order valence-corrected chi connectivity index (χ1v) is 13.2. The van der Waals surface area contributed by atoms with Gasteiger partial charge in [0, 0.05) is 31.1 Å². The Hall–Kier alpha value is -2.58. The number of hydrogen-bond donors (Lipinski definition) is 1. The van der Waals surface area contributed by atoms with Crippen LogP contribution in [0.4, 0.5) is 5.69 Å². The molecule has 2 rings (SSSR count). The monoisotopic (exact) mass is 493 g/mol. The standard InChI is InChI=1S/C24H32ClN3O4S/c1-4-16-26-24(30)19(2)27(18-20-11-8-9-14-22(20)25)23(29)15-10-17-28(33(3,31)32)21-12-6-5-7-13-21/h5-9,11-14,19H,4,10,15-18H2,1-3H3,(H,26,30)/t19-/m1/s1. The lowest BCUT2D eigenvalue weighted by Crippen LogP contribution is -2.47. The lowest BCUT2D eigenvalue weighted by Gasteiger charge is -2.29. The molecule has 9 heteroatoms. The molecule has 0 aliphatic rings. The van der Waals surface area contributed by atoms with Gasteiger partial charge in [-0.3, -0.25) is 13.9 Å². The maximum absolute atomic E-state index is 13.2. The highest BCUT2D eigenvalue weighted by molar-refractivity contribution is 7.92. The number of carbonyl (C=O) groups excluding carboxylic acids is 2. The van der Waals surface area contributed by atoms with E-state index in [1.165, 1.54) is 9.21 Å². The van der Waals surface area contributed by atoms with E-state index >= 15 is 0 Å². The van der Waals surface area contributed by atoms with Gasteiger partial charge in [0.15, 0.2) is 0 Å². The molecule has 0 heterocycles. The summed E-state index contributed by atoms with van der Waals surface area (Å²) in [6.45, 7) is 4.51. The topological polar surface area (TPSA) is 86.8 Å². The molecule has 7 nitrogen and oxygen atoms in total. The van der Waals surface area contributed by atoms with Gasteiger partial charge in [0.25, 0.3) is 0 Å². The Morgan fingerprint density at radius 3 is 2.30 bits per heavy atom. The van der Waals surface area contributed by atoms with Crippen LogP contribution in [0.5, 0.6) is 0 Å². The summed E-state index contributed by atoms with van der Waals surface area (Å²) in [4.78, 5) is 27.3. The van der Waals surface area contributed by atoms with E-state index in [4.69, 9.17) is 11.6 Å². The minimum atomic E-state index is -3.50. The van der Waals surface area contributed by atoms with Crippen molar-refractivity contribution in [3.8, 4) is 0 Å². The maximum atomic E-state index is 13.2. The second-order valence-corrected chi connectivity index (χ2v) is 10.2. The summed E-state index contributed by atoms with van der Waals surface area (Å²) >= 11 is 6.29. The molecular weight excluding hydrogens is 462 g/mol. The highest BCUT2D eigenvalue weighted by Crippen LogP contribution is 2.21. The van der Waals surface area contributed by atoms with Gasteiger partial charge >= 0.3 is 0 Å². The first kappa shape index (κ1) is 26.7. The van der Waals surface area contributed by atoms with Gasteiger partial charge in [-0.25, -0.2) is 8.42 Å². The summed E-state index contributed by atoms with van der Waals surface area (Å²) in [5, 5.41) is 3.35. The minimum absolute atomic E-state index is 0.0920. The lowest BCUT2D eigenvalue weighted by molar-refractivity contribution is -0.140. The molecular formula is C24H32ClN3O4S. The van der Waals surface area contributed by atoms with Gasteiger partial charge in [0.2, 0.25) is 21.8 Å². The van der Waals surface area contributed by atoms with E-state index in [2.05, 4.69) is 5.32 Å². The molecule has 2 aromatic carbocycles. The van der Waals surface area contributed by atoms with Crippen LogP contribution in [0, 0.1) is 0 Å². The lowest BCUT2D eigenvalue weighted by atomic mass is 10.1. The summed E-state index contributed by atoms with van der Waals surface area (Å²) in [7, 11) is -3.50. The van der Waals surface area contributed by atoms with E-state index in [1.807, 2.05) is 25.1 Å². The van der Waals surface area contributed by atoms with E-state index < -0.39 is 16.1 Å². The van der Waals surface area contributed by atoms with Crippen LogP contribution in [-0.2, 0) is 26.2 Å². The van der Waals surface area contributed by atoms with Gasteiger partial charge in [-0.15, -0.1) is 0 Å². The van der Waals surface area contributed by atoms with Gasteiger partial charge in [0.05, 0.1) is 11.9 Å². The number of amides is 2. The average molecular weight is 494 g/mol. The average Bonchev–Trinajstić information content (AvgIpc) is 2.78. The van der Waals surface area contributed by atoms with Gasteiger partial charge in [-0.05, 0) is 43.5 Å². The molecule has 180 valence electrons. The number of para-hydroxylation sites is 1. The van der Waals surface area contributed by atoms with Crippen molar-refractivity contribution in [3.05, 3.63) is 65.2 Å². The number of hydrogen-bond acceptors (Lipinski definition) is 4. The Kier molecular flexibility index (Phi) is 10.2. The Morgan fingerprint density at radius 2 is 1.70 bits per heavy atom. The number of nitrogens with one attached hydrogen (secondary N) is 1. The number of anilines is 1. The molecule has 2 amide bonds. The largest absolute Gasteiger partial charge is 0.354 e. The van der Waals surface area contributed by atoms with Crippen LogP contribution in [0.3, 0.4) is 0 Å². The van der Waals surface area contributed by atoms with Crippen molar-refractivity contribution >= 4 is 39.1 Å². The van der Waals surface area contributed by atoms with Crippen molar-refractivity contribution in [2.45, 2.75) is 45.7 Å². The normalized spacial score (nSPS) is 12.1. The van der Waals surface area contributed by atoms with E-state index in [-0.39, 0.29) is 31.3 Å². The Morgan fingerprint density at radius 1 is 1.06 bits per heavy atom. The number of rotatable bonds is 12. The molecule has 0 aromatic heterocycles. The summed E-state index contributed by atoms with van der Waals surface area (Å²) in [6.07, 6.45) is 2.33. The third-order valence-corrected chi connectivity index (χ3v) is 6.77. The molecule has 1 N–H and O–H groups in total. The third-order valence-electron chi connectivity index (χ3n) is 5.21.